The molecule has 1 heterocycles. The molecule has 1 aromatic rings. The van der Waals surface area contributed by atoms with Crippen molar-refractivity contribution in [2.45, 2.75) is 17.9 Å². The zero-order valence-corrected chi connectivity index (χ0v) is 17.5. The molecule has 4 N–H and O–H groups in total. The van der Waals surface area contributed by atoms with Crippen LogP contribution in [0.5, 0.6) is 5.75 Å². The number of nitrogens with two attached hydrogens (primary N) is 1. The van der Waals surface area contributed by atoms with E-state index in [1.807, 2.05) is 12.1 Å². The number of allylic oxidation sites excluding steroid dienone is 2. The summed E-state index contributed by atoms with van der Waals surface area (Å²) in [6.07, 6.45) is 5.77. The van der Waals surface area contributed by atoms with Crippen LogP contribution in [0, 0.1) is 17.2 Å². The van der Waals surface area contributed by atoms with Gasteiger partial charge in [0.15, 0.2) is 0 Å². The van der Waals surface area contributed by atoms with Crippen LogP contribution < -0.4 is 20.5 Å². The number of nitrogens with zero attached hydrogens (tertiary/aromatic N) is 2. The Morgan fingerprint density at radius 1 is 1.53 bits per heavy atom. The third-order valence-corrected chi connectivity index (χ3v) is 5.35. The minimum absolute atomic E-state index is 0.00770. The molecule has 0 radical (unpaired) electrons. The van der Waals surface area contributed by atoms with E-state index >= 15 is 0 Å². The molecule has 1 unspecified atom stereocenters. The molecule has 0 spiro atoms. The summed E-state index contributed by atoms with van der Waals surface area (Å²) in [6, 6.07) is 6.22. The maximum absolute atomic E-state index is 12.5. The number of amides is 1. The second-order valence-electron chi connectivity index (χ2n) is 6.40. The van der Waals surface area contributed by atoms with Crippen LogP contribution in [0.25, 0.3) is 0 Å². The highest BCUT2D eigenvalue weighted by molar-refractivity contribution is 7.89. The number of carbonyl (C=O) groups is 1. The SMILES string of the molecule is C=C(/C=C(\C#N)C(=O)NCc1ccc(OC)c(S(N)(=O)=O)c1)C1CC=CNC1=NC. The molecule has 158 valence electrons. The van der Waals surface area contributed by atoms with Crippen molar-refractivity contribution in [1.82, 2.24) is 10.6 Å². The Labute approximate surface area is 175 Å². The Morgan fingerprint density at radius 3 is 2.87 bits per heavy atom. The average molecular weight is 430 g/mol. The quantitative estimate of drug-likeness (QED) is 0.336. The van der Waals surface area contributed by atoms with Crippen molar-refractivity contribution >= 4 is 21.8 Å². The topological polar surface area (TPSA) is 147 Å². The fraction of sp³-hybridized carbons (Fsp3) is 0.250. The van der Waals surface area contributed by atoms with Crippen molar-refractivity contribution in [3.63, 3.8) is 0 Å². The summed E-state index contributed by atoms with van der Waals surface area (Å²) in [5.74, 6) is 0.0335. The van der Waals surface area contributed by atoms with Crippen molar-refractivity contribution in [2.75, 3.05) is 14.2 Å². The molecule has 1 aromatic carbocycles. The van der Waals surface area contributed by atoms with Crippen LogP contribution in [0.2, 0.25) is 0 Å². The van der Waals surface area contributed by atoms with Gasteiger partial charge in [-0.05, 0) is 42.0 Å². The van der Waals surface area contributed by atoms with Crippen LogP contribution in [0.1, 0.15) is 12.0 Å². The number of hydrogen-bond donors (Lipinski definition) is 3. The van der Waals surface area contributed by atoms with E-state index in [9.17, 15) is 18.5 Å². The number of carbonyl (C=O) groups excluding carboxylic acids is 1. The highest BCUT2D eigenvalue weighted by Crippen LogP contribution is 2.24. The molecule has 10 heteroatoms. The van der Waals surface area contributed by atoms with Gasteiger partial charge in [-0.1, -0.05) is 18.7 Å². The van der Waals surface area contributed by atoms with E-state index in [2.05, 4.69) is 22.2 Å². The van der Waals surface area contributed by atoms with Gasteiger partial charge >= 0.3 is 0 Å². The third kappa shape index (κ3) is 5.56. The van der Waals surface area contributed by atoms with E-state index in [4.69, 9.17) is 9.88 Å². The molecule has 1 amide bonds. The van der Waals surface area contributed by atoms with Gasteiger partial charge in [0.05, 0.1) is 7.11 Å². The van der Waals surface area contributed by atoms with Gasteiger partial charge in [0.2, 0.25) is 10.0 Å². The second kappa shape index (κ2) is 9.87. The first kappa shape index (κ1) is 22.9. The molecule has 0 fully saturated rings. The average Bonchev–Trinajstić information content (AvgIpc) is 2.74. The number of nitrogens with one attached hydrogen (secondary N) is 2. The lowest BCUT2D eigenvalue weighted by molar-refractivity contribution is -0.117. The summed E-state index contributed by atoms with van der Waals surface area (Å²) in [7, 11) is -1.02. The highest BCUT2D eigenvalue weighted by Gasteiger charge is 2.21. The maximum atomic E-state index is 12.5. The number of aliphatic imine (C=N–C) groups is 1. The molecular weight excluding hydrogens is 406 g/mol. The number of primary sulfonamides is 1. The summed E-state index contributed by atoms with van der Waals surface area (Å²) in [5, 5.41) is 20.2. The number of hydrogen-bond acceptors (Lipinski definition) is 6. The highest BCUT2D eigenvalue weighted by atomic mass is 32.2. The van der Waals surface area contributed by atoms with Crippen LogP contribution in [-0.2, 0) is 21.4 Å². The van der Waals surface area contributed by atoms with E-state index < -0.39 is 15.9 Å². The molecule has 0 saturated heterocycles. The number of rotatable bonds is 7. The normalized spacial score (nSPS) is 17.7. The van der Waals surface area contributed by atoms with Gasteiger partial charge in [-0.25, -0.2) is 13.6 Å². The minimum atomic E-state index is -4.00. The molecule has 30 heavy (non-hydrogen) atoms. The molecule has 9 nitrogen and oxygen atoms in total. The fourth-order valence-electron chi connectivity index (χ4n) is 2.87. The second-order valence-corrected chi connectivity index (χ2v) is 7.93. The smallest absolute Gasteiger partial charge is 0.262 e. The molecule has 0 saturated carbocycles. The standard InChI is InChI=1S/C20H23N5O4S/c1-13(16-5-4-8-24-19(16)23-2)9-15(11-21)20(26)25-12-14-6-7-17(29-3)18(10-14)30(22,27)28/h4,6-10,16H,1,5,12H2,2-3H3,(H,23,24)(H,25,26)(H2,22,27,28)/b15-9+. The van der Waals surface area contributed by atoms with Crippen LogP contribution >= 0.6 is 0 Å². The predicted molar refractivity (Wildman–Crippen MR) is 113 cm³/mol. The maximum Gasteiger partial charge on any atom is 0.262 e. The Kier molecular flexibility index (Phi) is 7.52. The van der Waals surface area contributed by atoms with Crippen molar-refractivity contribution in [3.05, 3.63) is 59.8 Å². The lowest BCUT2D eigenvalue weighted by Gasteiger charge is -2.22. The zero-order valence-electron chi connectivity index (χ0n) is 16.7. The van der Waals surface area contributed by atoms with Crippen LogP contribution in [0.3, 0.4) is 0 Å². The van der Waals surface area contributed by atoms with Crippen molar-refractivity contribution in [1.29, 1.82) is 5.26 Å². The number of ether oxygens (including phenoxy) is 1. The number of sulfonamides is 1. The van der Waals surface area contributed by atoms with E-state index in [0.29, 0.717) is 23.4 Å². The van der Waals surface area contributed by atoms with Gasteiger partial charge < -0.3 is 15.4 Å². The Hall–Kier alpha value is -3.42. The monoisotopic (exact) mass is 429 g/mol. The number of nitriles is 1. The first-order chi connectivity index (χ1) is 14.2. The van der Waals surface area contributed by atoms with Gasteiger partial charge in [0.25, 0.3) is 5.91 Å². The Balaban J connectivity index is 2.14. The first-order valence-electron chi connectivity index (χ1n) is 8.88. The van der Waals surface area contributed by atoms with Gasteiger partial charge in [-0.3, -0.25) is 9.79 Å². The van der Waals surface area contributed by atoms with Gasteiger partial charge in [-0.2, -0.15) is 5.26 Å². The van der Waals surface area contributed by atoms with E-state index in [-0.39, 0.29) is 28.7 Å². The largest absolute Gasteiger partial charge is 0.495 e. The summed E-state index contributed by atoms with van der Waals surface area (Å²) in [5.41, 5.74) is 0.927. The van der Waals surface area contributed by atoms with Crippen LogP contribution in [0.15, 0.2) is 64.2 Å². The molecule has 0 aliphatic carbocycles. The van der Waals surface area contributed by atoms with Crippen molar-refractivity contribution < 1.29 is 17.9 Å². The van der Waals surface area contributed by atoms with E-state index in [0.717, 1.165) is 0 Å². The van der Waals surface area contributed by atoms with Gasteiger partial charge in [0.1, 0.15) is 28.1 Å². The summed E-state index contributed by atoms with van der Waals surface area (Å²) < 4.78 is 28.4. The summed E-state index contributed by atoms with van der Waals surface area (Å²) in [6.45, 7) is 3.96. The number of amidine groups is 1. The van der Waals surface area contributed by atoms with Crippen LogP contribution in [0.4, 0.5) is 0 Å². The van der Waals surface area contributed by atoms with E-state index in [1.54, 1.807) is 19.3 Å². The fourth-order valence-corrected chi connectivity index (χ4v) is 3.62. The third-order valence-electron chi connectivity index (χ3n) is 4.42. The van der Waals surface area contributed by atoms with Gasteiger partial charge in [-0.15, -0.1) is 0 Å². The Morgan fingerprint density at radius 2 is 2.27 bits per heavy atom. The van der Waals surface area contributed by atoms with Crippen molar-refractivity contribution in [3.8, 4) is 11.8 Å². The molecule has 0 aromatic heterocycles. The van der Waals surface area contributed by atoms with Crippen molar-refractivity contribution in [2.24, 2.45) is 16.0 Å². The molecule has 1 aliphatic heterocycles. The predicted octanol–water partition coefficient (Wildman–Crippen LogP) is 1.12. The Bertz CT molecular complexity index is 1080. The van der Waals surface area contributed by atoms with Crippen LogP contribution in [-0.4, -0.2) is 34.3 Å². The lowest BCUT2D eigenvalue weighted by atomic mass is 9.92. The van der Waals surface area contributed by atoms with E-state index in [1.165, 1.54) is 25.3 Å². The molecule has 1 aliphatic rings. The number of methoxy groups -OCH3 is 1. The lowest BCUT2D eigenvalue weighted by Crippen LogP contribution is -2.31. The van der Waals surface area contributed by atoms with Gasteiger partial charge in [0, 0.05) is 19.5 Å². The zero-order chi connectivity index (χ0) is 22.3. The minimum Gasteiger partial charge on any atom is -0.495 e. The number of benzene rings is 1. The molecule has 0 bridgehead atoms. The summed E-state index contributed by atoms with van der Waals surface area (Å²) in [4.78, 5) is 16.4. The molecular formula is C20H23N5O4S. The molecule has 1 atom stereocenters. The summed E-state index contributed by atoms with van der Waals surface area (Å²) >= 11 is 0. The first-order valence-corrected chi connectivity index (χ1v) is 10.4. The molecule has 2 rings (SSSR count).